The van der Waals surface area contributed by atoms with E-state index in [2.05, 4.69) is 40.6 Å². The Balaban J connectivity index is 1.27. The number of H-pyrrole nitrogens is 1. The molecule has 5 nitrogen and oxygen atoms in total. The van der Waals surface area contributed by atoms with E-state index in [0.29, 0.717) is 13.0 Å². The Morgan fingerprint density at radius 3 is 2.86 bits per heavy atom. The summed E-state index contributed by atoms with van der Waals surface area (Å²) in [6.45, 7) is 0.697. The Bertz CT molecular complexity index is 923. The lowest BCUT2D eigenvalue weighted by Crippen LogP contribution is -2.41. The molecule has 0 amide bonds. The van der Waals surface area contributed by atoms with Gasteiger partial charge >= 0.3 is 0 Å². The fourth-order valence-corrected chi connectivity index (χ4v) is 4.24. The number of hydrogen-bond donors (Lipinski definition) is 4. The van der Waals surface area contributed by atoms with Gasteiger partial charge in [-0.25, -0.2) is 0 Å². The molecule has 0 saturated heterocycles. The van der Waals surface area contributed by atoms with Crippen LogP contribution in [0.1, 0.15) is 35.6 Å². The van der Waals surface area contributed by atoms with E-state index >= 15 is 0 Å². The first kappa shape index (κ1) is 20.1. The first-order chi connectivity index (χ1) is 14.2. The topological polar surface area (TPSA) is 77.5 Å². The predicted molar refractivity (Wildman–Crippen MR) is 115 cm³/mol. The summed E-state index contributed by atoms with van der Waals surface area (Å²) in [4.78, 5) is 3.27. The van der Waals surface area contributed by atoms with E-state index in [1.165, 1.54) is 16.5 Å². The fourth-order valence-electron chi connectivity index (χ4n) is 4.24. The number of fused-ring (bicyclic) bond motifs is 2. The molecule has 1 heterocycles. The number of para-hydroxylation sites is 1. The number of aromatic nitrogens is 1. The highest BCUT2D eigenvalue weighted by Gasteiger charge is 2.21. The average molecular weight is 395 g/mol. The Kier molecular flexibility index (Phi) is 6.62. The van der Waals surface area contributed by atoms with Gasteiger partial charge in [-0.15, -0.1) is 0 Å². The monoisotopic (exact) mass is 394 g/mol. The van der Waals surface area contributed by atoms with Crippen molar-refractivity contribution in [3.63, 3.8) is 0 Å². The maximum atomic E-state index is 10.4. The van der Waals surface area contributed by atoms with Crippen LogP contribution in [0.5, 0.6) is 0 Å². The summed E-state index contributed by atoms with van der Waals surface area (Å²) in [6, 6.07) is 16.5. The van der Waals surface area contributed by atoms with Gasteiger partial charge in [0.15, 0.2) is 0 Å². The van der Waals surface area contributed by atoms with E-state index in [9.17, 15) is 10.2 Å². The van der Waals surface area contributed by atoms with E-state index in [4.69, 9.17) is 4.74 Å². The molecule has 29 heavy (non-hydrogen) atoms. The Morgan fingerprint density at radius 1 is 1.14 bits per heavy atom. The predicted octanol–water partition coefficient (Wildman–Crippen LogP) is 3.12. The number of nitrogens with one attached hydrogen (secondary N) is 2. The lowest BCUT2D eigenvalue weighted by Gasteiger charge is -2.27. The molecule has 1 aromatic heterocycles. The van der Waals surface area contributed by atoms with Crippen LogP contribution in [0.3, 0.4) is 0 Å². The SMILES string of the molecule is OCC(Cc1c[nH]c2ccccc12)NCC(O)COC1CCCc2ccccc21. The Hall–Kier alpha value is -2.18. The molecule has 4 rings (SSSR count). The van der Waals surface area contributed by atoms with Crippen LogP contribution in [-0.2, 0) is 17.6 Å². The van der Waals surface area contributed by atoms with Gasteiger partial charge in [-0.1, -0.05) is 42.5 Å². The van der Waals surface area contributed by atoms with Crippen molar-refractivity contribution in [3.8, 4) is 0 Å². The zero-order chi connectivity index (χ0) is 20.1. The Labute approximate surface area is 171 Å². The van der Waals surface area contributed by atoms with E-state index < -0.39 is 6.10 Å². The number of ether oxygens (including phenoxy) is 1. The van der Waals surface area contributed by atoms with Gasteiger partial charge in [0, 0.05) is 29.7 Å². The molecule has 5 heteroatoms. The molecule has 4 N–H and O–H groups in total. The highest BCUT2D eigenvalue weighted by atomic mass is 16.5. The number of aliphatic hydroxyl groups is 2. The van der Waals surface area contributed by atoms with Crippen molar-refractivity contribution in [1.29, 1.82) is 0 Å². The molecule has 2 aromatic carbocycles. The highest BCUT2D eigenvalue weighted by Crippen LogP contribution is 2.32. The van der Waals surface area contributed by atoms with Gasteiger partial charge in [0.25, 0.3) is 0 Å². The van der Waals surface area contributed by atoms with E-state index in [-0.39, 0.29) is 25.4 Å². The first-order valence-corrected chi connectivity index (χ1v) is 10.5. The van der Waals surface area contributed by atoms with Gasteiger partial charge in [-0.2, -0.15) is 0 Å². The van der Waals surface area contributed by atoms with Crippen LogP contribution in [0.15, 0.2) is 54.7 Å². The van der Waals surface area contributed by atoms with E-state index in [1.54, 1.807) is 0 Å². The molecule has 0 spiro atoms. The molecule has 0 aliphatic heterocycles. The third kappa shape index (κ3) is 4.87. The normalized spacial score (nSPS) is 18.5. The molecule has 0 saturated carbocycles. The van der Waals surface area contributed by atoms with Gasteiger partial charge < -0.3 is 25.3 Å². The van der Waals surface area contributed by atoms with E-state index in [0.717, 1.165) is 30.3 Å². The molecule has 1 aliphatic carbocycles. The second kappa shape index (κ2) is 9.55. The number of rotatable bonds is 9. The van der Waals surface area contributed by atoms with Crippen LogP contribution in [0, 0.1) is 0 Å². The molecule has 3 atom stereocenters. The van der Waals surface area contributed by atoms with Crippen molar-refractivity contribution in [1.82, 2.24) is 10.3 Å². The second-order valence-corrected chi connectivity index (χ2v) is 7.92. The largest absolute Gasteiger partial charge is 0.395 e. The average Bonchev–Trinajstić information content (AvgIpc) is 3.18. The van der Waals surface area contributed by atoms with Crippen molar-refractivity contribution in [2.24, 2.45) is 0 Å². The molecular formula is C24H30N2O3. The summed E-state index contributed by atoms with van der Waals surface area (Å²) in [6.07, 6.45) is 5.37. The van der Waals surface area contributed by atoms with Crippen LogP contribution >= 0.6 is 0 Å². The van der Waals surface area contributed by atoms with Gasteiger partial charge in [0.1, 0.15) is 0 Å². The molecule has 0 fully saturated rings. The van der Waals surface area contributed by atoms with Crippen LogP contribution in [-0.4, -0.2) is 47.1 Å². The van der Waals surface area contributed by atoms with E-state index in [1.807, 2.05) is 24.4 Å². The van der Waals surface area contributed by atoms with Gasteiger partial charge in [-0.05, 0) is 48.4 Å². The van der Waals surface area contributed by atoms with Crippen molar-refractivity contribution in [2.75, 3.05) is 19.8 Å². The van der Waals surface area contributed by atoms with Crippen LogP contribution in [0.4, 0.5) is 0 Å². The molecule has 3 aromatic rings. The fraction of sp³-hybridized carbons (Fsp3) is 0.417. The maximum Gasteiger partial charge on any atom is 0.0898 e. The van der Waals surface area contributed by atoms with Crippen LogP contribution in [0.2, 0.25) is 0 Å². The lowest BCUT2D eigenvalue weighted by atomic mass is 9.89. The first-order valence-electron chi connectivity index (χ1n) is 10.5. The number of benzene rings is 2. The second-order valence-electron chi connectivity index (χ2n) is 7.92. The number of aryl methyl sites for hydroxylation is 1. The highest BCUT2D eigenvalue weighted by molar-refractivity contribution is 5.83. The minimum atomic E-state index is -0.610. The lowest BCUT2D eigenvalue weighted by molar-refractivity contribution is -0.0178. The smallest absolute Gasteiger partial charge is 0.0898 e. The number of aromatic amines is 1. The summed E-state index contributed by atoms with van der Waals surface area (Å²) in [5.74, 6) is 0. The molecule has 0 bridgehead atoms. The minimum Gasteiger partial charge on any atom is -0.395 e. The molecule has 154 valence electrons. The summed E-state index contributed by atoms with van der Waals surface area (Å²) in [7, 11) is 0. The standard InChI is InChI=1S/C24H30N2O3/c27-15-19(12-18-13-26-23-10-4-3-8-21(18)23)25-14-20(28)16-29-24-11-5-7-17-6-1-2-9-22(17)24/h1-4,6,8-10,13,19-20,24-28H,5,7,11-12,14-16H2. The maximum absolute atomic E-state index is 10.4. The molecular weight excluding hydrogens is 364 g/mol. The number of aliphatic hydroxyl groups excluding tert-OH is 2. The van der Waals surface area contributed by atoms with Gasteiger partial charge in [0.2, 0.25) is 0 Å². The molecule has 1 aliphatic rings. The summed E-state index contributed by atoms with van der Waals surface area (Å²) < 4.78 is 6.04. The number of hydrogen-bond acceptors (Lipinski definition) is 4. The summed E-state index contributed by atoms with van der Waals surface area (Å²) in [5, 5.41) is 24.6. The molecule has 0 radical (unpaired) electrons. The quantitative estimate of drug-likeness (QED) is 0.450. The summed E-state index contributed by atoms with van der Waals surface area (Å²) in [5.41, 5.74) is 4.87. The van der Waals surface area contributed by atoms with Crippen molar-refractivity contribution in [3.05, 3.63) is 71.4 Å². The van der Waals surface area contributed by atoms with Gasteiger partial charge in [-0.3, -0.25) is 0 Å². The Morgan fingerprint density at radius 2 is 1.97 bits per heavy atom. The minimum absolute atomic E-state index is 0.0169. The summed E-state index contributed by atoms with van der Waals surface area (Å²) >= 11 is 0. The molecule has 3 unspecified atom stereocenters. The zero-order valence-electron chi connectivity index (χ0n) is 16.7. The van der Waals surface area contributed by atoms with Crippen LogP contribution in [0.25, 0.3) is 10.9 Å². The zero-order valence-corrected chi connectivity index (χ0v) is 16.7. The third-order valence-electron chi connectivity index (χ3n) is 5.81. The van der Waals surface area contributed by atoms with Crippen molar-refractivity contribution >= 4 is 10.9 Å². The van der Waals surface area contributed by atoms with Crippen LogP contribution < -0.4 is 5.32 Å². The van der Waals surface area contributed by atoms with Crippen molar-refractivity contribution < 1.29 is 14.9 Å². The van der Waals surface area contributed by atoms with Gasteiger partial charge in [0.05, 0.1) is 25.4 Å². The van der Waals surface area contributed by atoms with Crippen molar-refractivity contribution in [2.45, 2.75) is 43.9 Å². The third-order valence-corrected chi connectivity index (χ3v) is 5.81.